The normalized spacial score (nSPS) is 19.6. The molecule has 3 aliphatic rings. The second-order valence-electron chi connectivity index (χ2n) is 13.4. The third-order valence-corrected chi connectivity index (χ3v) is 11.6. The van der Waals surface area contributed by atoms with E-state index in [0.717, 1.165) is 48.7 Å². The summed E-state index contributed by atoms with van der Waals surface area (Å²) in [5, 5.41) is 13.3. The summed E-state index contributed by atoms with van der Waals surface area (Å²) >= 11 is 6.81. The van der Waals surface area contributed by atoms with Gasteiger partial charge >= 0.3 is 11.7 Å². The van der Waals surface area contributed by atoms with Crippen LogP contribution in [0.25, 0.3) is 11.3 Å². The van der Waals surface area contributed by atoms with Crippen molar-refractivity contribution < 1.29 is 14.7 Å². The number of nitrogens with one attached hydrogen (secondary N) is 2. The van der Waals surface area contributed by atoms with Gasteiger partial charge in [-0.25, -0.2) is 9.59 Å². The molecule has 0 radical (unpaired) electrons. The van der Waals surface area contributed by atoms with Gasteiger partial charge in [0.05, 0.1) is 14.6 Å². The van der Waals surface area contributed by atoms with Crippen LogP contribution < -0.4 is 11.0 Å². The Hall–Kier alpha value is -3.09. The monoisotopic (exact) mass is 770 g/mol. The number of aromatic amines is 1. The number of rotatable bonds is 7. The number of urea groups is 1. The molecule has 3 aliphatic heterocycles. The molecule has 0 bridgehead atoms. The van der Waals surface area contributed by atoms with Crippen LogP contribution in [0.2, 0.25) is 0 Å². The minimum atomic E-state index is -0.746. The zero-order chi connectivity index (χ0) is 33.1. The molecular formula is C35H44Br2N6O4. The summed E-state index contributed by atoms with van der Waals surface area (Å²) in [6.07, 6.45) is 7.89. The first kappa shape index (κ1) is 33.8. The Balaban J connectivity index is 1.10. The molecule has 252 valence electrons. The standard InChI is InChI=1S/C35H44Br2N6O4/c1-40-13-7-24(8-14-40)25-9-15-41(16-10-25)33(45)30(21-23-19-28(36)32(44)29(37)20-23)38-34(46)42-17-11-27(12-18-42)43-22-31(39-35(43)47)26-5-3-2-4-6-26/h2-6,19-20,22,24-25,27,30,44H,7-18,21H2,1H3,(H,38,46)(H,39,47)/t30-/m1/s1. The van der Waals surface area contributed by atoms with Crippen LogP contribution in [0.1, 0.15) is 50.1 Å². The number of nitrogens with zero attached hydrogens (tertiary/aromatic N) is 4. The molecule has 3 fully saturated rings. The van der Waals surface area contributed by atoms with E-state index in [4.69, 9.17) is 0 Å². The largest absolute Gasteiger partial charge is 0.506 e. The van der Waals surface area contributed by atoms with Crippen molar-refractivity contribution >= 4 is 43.8 Å². The highest BCUT2D eigenvalue weighted by molar-refractivity contribution is 9.11. The van der Waals surface area contributed by atoms with Crippen molar-refractivity contribution in [1.29, 1.82) is 0 Å². The highest BCUT2D eigenvalue weighted by Gasteiger charge is 2.34. The number of benzene rings is 2. The van der Waals surface area contributed by atoms with Crippen LogP contribution in [0.5, 0.6) is 5.75 Å². The van der Waals surface area contributed by atoms with Crippen molar-refractivity contribution in [3.63, 3.8) is 0 Å². The zero-order valence-electron chi connectivity index (χ0n) is 26.8. The van der Waals surface area contributed by atoms with Crippen LogP contribution >= 0.6 is 31.9 Å². The van der Waals surface area contributed by atoms with E-state index in [0.29, 0.717) is 60.3 Å². The molecule has 3 N–H and O–H groups in total. The highest BCUT2D eigenvalue weighted by Crippen LogP contribution is 2.35. The first-order valence-electron chi connectivity index (χ1n) is 16.7. The van der Waals surface area contributed by atoms with Crippen molar-refractivity contribution in [3.05, 3.63) is 73.7 Å². The van der Waals surface area contributed by atoms with Gasteiger partial charge < -0.3 is 30.1 Å². The molecule has 0 spiro atoms. The molecule has 0 unspecified atom stereocenters. The van der Waals surface area contributed by atoms with E-state index in [9.17, 15) is 19.5 Å². The van der Waals surface area contributed by atoms with Crippen LogP contribution in [0.3, 0.4) is 0 Å². The number of carbonyl (C=O) groups is 2. The smallest absolute Gasteiger partial charge is 0.326 e. The predicted molar refractivity (Wildman–Crippen MR) is 189 cm³/mol. The highest BCUT2D eigenvalue weighted by atomic mass is 79.9. The van der Waals surface area contributed by atoms with E-state index >= 15 is 0 Å². The summed E-state index contributed by atoms with van der Waals surface area (Å²) in [5.41, 5.74) is 2.40. The molecule has 2 aromatic carbocycles. The Kier molecular flexibility index (Phi) is 10.8. The van der Waals surface area contributed by atoms with Gasteiger partial charge in [-0.15, -0.1) is 0 Å². The van der Waals surface area contributed by atoms with Crippen molar-refractivity contribution in [2.45, 2.75) is 57.0 Å². The average molecular weight is 773 g/mol. The number of piperidine rings is 3. The van der Waals surface area contributed by atoms with Crippen LogP contribution in [-0.2, 0) is 11.2 Å². The first-order chi connectivity index (χ1) is 22.7. The van der Waals surface area contributed by atoms with Crippen LogP contribution in [0, 0.1) is 11.8 Å². The fourth-order valence-corrected chi connectivity index (χ4v) is 8.80. The first-order valence-corrected chi connectivity index (χ1v) is 18.3. The van der Waals surface area contributed by atoms with Crippen LogP contribution in [0.4, 0.5) is 4.79 Å². The summed E-state index contributed by atoms with van der Waals surface area (Å²) in [4.78, 5) is 49.6. The third kappa shape index (κ3) is 7.97. The number of aromatic hydroxyl groups is 1. The SMILES string of the molecule is CN1CCC(C2CCN(C(=O)[C@@H](Cc3cc(Br)c(O)c(Br)c3)NC(=O)N3CCC(n4cc(-c5ccccc5)[nH]c4=O)CC3)CC2)CC1. The van der Waals surface area contributed by atoms with Gasteiger partial charge in [-0.1, -0.05) is 30.3 Å². The predicted octanol–water partition coefficient (Wildman–Crippen LogP) is 5.61. The molecule has 6 rings (SSSR count). The molecule has 10 nitrogen and oxygen atoms in total. The molecule has 1 atom stereocenters. The van der Waals surface area contributed by atoms with E-state index in [2.05, 4.69) is 54.1 Å². The number of aromatic nitrogens is 2. The van der Waals surface area contributed by atoms with Gasteiger partial charge in [0.1, 0.15) is 11.8 Å². The van der Waals surface area contributed by atoms with Gasteiger partial charge in [-0.2, -0.15) is 0 Å². The molecular weight excluding hydrogens is 728 g/mol. The lowest BCUT2D eigenvalue weighted by atomic mass is 9.79. The number of imidazole rings is 1. The number of phenolic OH excluding ortho intramolecular Hbond substituents is 1. The summed E-state index contributed by atoms with van der Waals surface area (Å²) in [6.45, 7) is 4.65. The Bertz CT molecular complexity index is 1580. The number of hydrogen-bond donors (Lipinski definition) is 3. The molecule has 1 aromatic heterocycles. The second kappa shape index (κ2) is 15.0. The molecule has 0 aliphatic carbocycles. The lowest BCUT2D eigenvalue weighted by molar-refractivity contribution is -0.135. The second-order valence-corrected chi connectivity index (χ2v) is 15.1. The molecule has 12 heteroatoms. The molecule has 47 heavy (non-hydrogen) atoms. The van der Waals surface area contributed by atoms with Gasteiger partial charge in [0, 0.05) is 44.8 Å². The number of halogens is 2. The molecule has 4 heterocycles. The molecule has 3 amide bonds. The maximum absolute atomic E-state index is 14.0. The van der Waals surface area contributed by atoms with Crippen molar-refractivity contribution in [1.82, 2.24) is 29.6 Å². The molecule has 3 aromatic rings. The average Bonchev–Trinajstić information content (AvgIpc) is 3.48. The summed E-state index contributed by atoms with van der Waals surface area (Å²) in [6, 6.07) is 12.3. The zero-order valence-corrected chi connectivity index (χ0v) is 30.0. The number of H-pyrrole nitrogens is 1. The summed E-state index contributed by atoms with van der Waals surface area (Å²) in [5.74, 6) is 1.39. The third-order valence-electron chi connectivity index (χ3n) is 10.4. The van der Waals surface area contributed by atoms with Crippen molar-refractivity contribution in [2.24, 2.45) is 11.8 Å². The van der Waals surface area contributed by atoms with E-state index in [-0.39, 0.29) is 29.4 Å². The number of carbonyl (C=O) groups excluding carboxylic acids is 2. The lowest BCUT2D eigenvalue weighted by Crippen LogP contribution is -2.55. The Labute approximate surface area is 292 Å². The summed E-state index contributed by atoms with van der Waals surface area (Å²) in [7, 11) is 2.18. The number of phenols is 1. The summed E-state index contributed by atoms with van der Waals surface area (Å²) < 4.78 is 2.80. The van der Waals surface area contributed by atoms with E-state index in [1.807, 2.05) is 41.4 Å². The van der Waals surface area contributed by atoms with Gasteiger partial charge in [-0.05, 0) is 126 Å². The van der Waals surface area contributed by atoms with Crippen molar-refractivity contribution in [2.75, 3.05) is 46.3 Å². The quantitative estimate of drug-likeness (QED) is 0.289. The molecule has 0 saturated carbocycles. The van der Waals surface area contributed by atoms with Crippen LogP contribution in [0.15, 0.2) is 62.4 Å². The minimum absolute atomic E-state index is 0.0183. The molecule has 3 saturated heterocycles. The maximum atomic E-state index is 14.0. The Morgan fingerprint density at radius 1 is 0.894 bits per heavy atom. The van der Waals surface area contributed by atoms with E-state index in [1.165, 1.54) is 12.8 Å². The fourth-order valence-electron chi connectivity index (χ4n) is 7.52. The van der Waals surface area contributed by atoms with Gasteiger partial charge in [0.25, 0.3) is 0 Å². The van der Waals surface area contributed by atoms with Crippen LogP contribution in [-0.4, -0.2) is 93.7 Å². The number of likely N-dealkylation sites (tertiary alicyclic amines) is 3. The van der Waals surface area contributed by atoms with E-state index in [1.54, 1.807) is 21.6 Å². The van der Waals surface area contributed by atoms with Gasteiger partial charge in [-0.3, -0.25) is 9.36 Å². The minimum Gasteiger partial charge on any atom is -0.506 e. The van der Waals surface area contributed by atoms with Gasteiger partial charge in [0.2, 0.25) is 5.91 Å². The Morgan fingerprint density at radius 3 is 2.09 bits per heavy atom. The van der Waals surface area contributed by atoms with E-state index < -0.39 is 6.04 Å². The Morgan fingerprint density at radius 2 is 1.47 bits per heavy atom. The van der Waals surface area contributed by atoms with Gasteiger partial charge in [0.15, 0.2) is 0 Å². The number of hydrogen-bond acceptors (Lipinski definition) is 5. The lowest BCUT2D eigenvalue weighted by Gasteiger charge is -2.40. The van der Waals surface area contributed by atoms with Crippen molar-refractivity contribution in [3.8, 4) is 17.0 Å². The maximum Gasteiger partial charge on any atom is 0.326 e. The topological polar surface area (TPSA) is 114 Å². The number of amides is 3. The fraction of sp³-hybridized carbons (Fsp3) is 0.514.